The molecule has 1 N–H and O–H groups in total. The van der Waals surface area contributed by atoms with Crippen molar-refractivity contribution < 1.29 is 33.3 Å². The minimum absolute atomic E-state index is 0.184. The fourth-order valence-corrected chi connectivity index (χ4v) is 4.58. The van der Waals surface area contributed by atoms with Gasteiger partial charge in [-0.25, -0.2) is 9.59 Å². The molecule has 1 saturated heterocycles. The molecule has 0 atom stereocenters. The number of amides is 2. The van der Waals surface area contributed by atoms with Crippen molar-refractivity contribution in [1.82, 2.24) is 9.88 Å². The van der Waals surface area contributed by atoms with Crippen LogP contribution in [0.2, 0.25) is 0 Å². The maximum atomic E-state index is 13.0. The number of hydrogen-bond donors (Lipinski definition) is 1. The van der Waals surface area contributed by atoms with Gasteiger partial charge in [0, 0.05) is 56.6 Å². The summed E-state index contributed by atoms with van der Waals surface area (Å²) in [6.07, 6.45) is 2.47. The number of ether oxygens (including phenoxy) is 5. The van der Waals surface area contributed by atoms with Crippen LogP contribution in [0.3, 0.4) is 0 Å². The Balaban J connectivity index is 1.54. The number of methoxy groups -OCH3 is 2. The Morgan fingerprint density at radius 3 is 2.34 bits per heavy atom. The highest BCUT2D eigenvalue weighted by molar-refractivity contribution is 6.06. The molecule has 4 rings (SSSR count). The monoisotopic (exact) mass is 566 g/mol. The quantitative estimate of drug-likeness (QED) is 0.249. The van der Waals surface area contributed by atoms with E-state index in [0.717, 1.165) is 17.6 Å². The molecule has 41 heavy (non-hydrogen) atoms. The molecule has 11 nitrogen and oxygen atoms in total. The summed E-state index contributed by atoms with van der Waals surface area (Å²) >= 11 is 0. The summed E-state index contributed by atoms with van der Waals surface area (Å²) in [6.45, 7) is 7.44. The number of rotatable bonds is 12. The zero-order valence-electron chi connectivity index (χ0n) is 24.1. The number of carbonyl (C=O) groups excluding carboxylic acids is 2. The molecule has 0 bridgehead atoms. The first kappa shape index (κ1) is 29.7. The number of hydrogen-bond acceptors (Lipinski definition) is 9. The van der Waals surface area contributed by atoms with Crippen molar-refractivity contribution in [2.45, 2.75) is 20.3 Å². The van der Waals surface area contributed by atoms with E-state index in [2.05, 4.69) is 22.1 Å². The number of anilines is 2. The topological polar surface area (TPSA) is 112 Å². The van der Waals surface area contributed by atoms with Crippen LogP contribution >= 0.6 is 0 Å². The van der Waals surface area contributed by atoms with E-state index < -0.39 is 5.97 Å². The molecule has 3 aromatic rings. The standard InChI is InChI=1S/C30H38N4O7/c1-5-15-40-22-9-7-21(8-10-22)32-30(36)34-13-11-33(12-14-34)28-23-18-26(38-4)27(41-17-16-37-3)19-25(23)31-20-24(28)29(35)39-6-2/h7-10,18-20H,5-6,11-17H2,1-4H3,(H,32,36). The van der Waals surface area contributed by atoms with Crippen molar-refractivity contribution in [2.24, 2.45) is 0 Å². The third kappa shape index (κ3) is 7.29. The number of esters is 1. The maximum absolute atomic E-state index is 13.0. The number of carbonyl (C=O) groups is 2. The zero-order chi connectivity index (χ0) is 29.2. The Bertz CT molecular complexity index is 1320. The summed E-state index contributed by atoms with van der Waals surface area (Å²) in [5, 5.41) is 3.69. The largest absolute Gasteiger partial charge is 0.494 e. The summed E-state index contributed by atoms with van der Waals surface area (Å²) in [4.78, 5) is 34.4. The van der Waals surface area contributed by atoms with Crippen molar-refractivity contribution in [3.8, 4) is 17.2 Å². The number of pyridine rings is 1. The Kier molecular flexibility index (Phi) is 10.4. The van der Waals surface area contributed by atoms with Crippen LogP contribution in [0, 0.1) is 0 Å². The minimum Gasteiger partial charge on any atom is -0.494 e. The van der Waals surface area contributed by atoms with E-state index in [0.29, 0.717) is 80.0 Å². The van der Waals surface area contributed by atoms with E-state index >= 15 is 0 Å². The summed E-state index contributed by atoms with van der Waals surface area (Å²) < 4.78 is 27.5. The van der Waals surface area contributed by atoms with Crippen LogP contribution in [0.15, 0.2) is 42.6 Å². The molecule has 220 valence electrons. The number of nitrogens with one attached hydrogen (secondary N) is 1. The van der Waals surface area contributed by atoms with Crippen molar-refractivity contribution in [2.75, 3.05) is 77.0 Å². The molecule has 2 amide bonds. The second kappa shape index (κ2) is 14.4. The molecule has 2 heterocycles. The SMILES string of the molecule is CCCOc1ccc(NC(=O)N2CCN(c3c(C(=O)OCC)cnc4cc(OCCOC)c(OC)cc34)CC2)cc1. The molecule has 1 aliphatic rings. The first-order valence-electron chi connectivity index (χ1n) is 13.8. The minimum atomic E-state index is -0.456. The average Bonchev–Trinajstić information content (AvgIpc) is 3.00. The van der Waals surface area contributed by atoms with Crippen molar-refractivity contribution >= 4 is 34.3 Å². The van der Waals surface area contributed by atoms with Gasteiger partial charge in [0.05, 0.1) is 38.1 Å². The smallest absolute Gasteiger partial charge is 0.341 e. The predicted octanol–water partition coefficient (Wildman–Crippen LogP) is 4.59. The summed E-state index contributed by atoms with van der Waals surface area (Å²) in [6, 6.07) is 10.8. The molecule has 0 unspecified atom stereocenters. The van der Waals surface area contributed by atoms with Crippen LogP contribution in [0.1, 0.15) is 30.6 Å². The van der Waals surface area contributed by atoms with Gasteiger partial charge in [-0.3, -0.25) is 4.98 Å². The molecule has 0 radical (unpaired) electrons. The van der Waals surface area contributed by atoms with Gasteiger partial charge < -0.3 is 38.8 Å². The molecule has 1 aliphatic heterocycles. The Labute approximate surface area is 240 Å². The van der Waals surface area contributed by atoms with Gasteiger partial charge in [-0.05, 0) is 43.7 Å². The van der Waals surface area contributed by atoms with Crippen LogP contribution in [-0.4, -0.2) is 88.7 Å². The highest BCUT2D eigenvalue weighted by Gasteiger charge is 2.27. The number of aromatic nitrogens is 1. The maximum Gasteiger partial charge on any atom is 0.341 e. The summed E-state index contributed by atoms with van der Waals surface area (Å²) in [5.41, 5.74) is 2.39. The Morgan fingerprint density at radius 1 is 0.927 bits per heavy atom. The van der Waals surface area contributed by atoms with Crippen LogP contribution in [0.5, 0.6) is 17.2 Å². The van der Waals surface area contributed by atoms with Gasteiger partial charge in [0.15, 0.2) is 11.5 Å². The van der Waals surface area contributed by atoms with Crippen molar-refractivity contribution in [1.29, 1.82) is 0 Å². The molecule has 2 aromatic carbocycles. The van der Waals surface area contributed by atoms with E-state index in [-0.39, 0.29) is 12.6 Å². The zero-order valence-corrected chi connectivity index (χ0v) is 24.1. The number of nitrogens with zero attached hydrogens (tertiary/aromatic N) is 3. The van der Waals surface area contributed by atoms with Crippen LogP contribution < -0.4 is 24.4 Å². The molecule has 11 heteroatoms. The van der Waals surface area contributed by atoms with Crippen LogP contribution in [-0.2, 0) is 9.47 Å². The van der Waals surface area contributed by atoms with Crippen LogP contribution in [0.4, 0.5) is 16.2 Å². The van der Waals surface area contributed by atoms with Gasteiger partial charge in [0.25, 0.3) is 0 Å². The number of piperazine rings is 1. The van der Waals surface area contributed by atoms with Gasteiger partial charge in [0.1, 0.15) is 17.9 Å². The molecular weight excluding hydrogens is 528 g/mol. The summed E-state index contributed by atoms with van der Waals surface area (Å²) in [5.74, 6) is 1.36. The van der Waals surface area contributed by atoms with E-state index in [9.17, 15) is 9.59 Å². The molecule has 0 aliphatic carbocycles. The Morgan fingerprint density at radius 2 is 1.68 bits per heavy atom. The lowest BCUT2D eigenvalue weighted by Gasteiger charge is -2.37. The molecule has 0 spiro atoms. The fourth-order valence-electron chi connectivity index (χ4n) is 4.58. The lowest BCUT2D eigenvalue weighted by Crippen LogP contribution is -2.50. The van der Waals surface area contributed by atoms with E-state index in [1.165, 1.54) is 6.20 Å². The number of benzene rings is 2. The third-order valence-corrected chi connectivity index (χ3v) is 6.63. The first-order valence-corrected chi connectivity index (χ1v) is 13.8. The van der Waals surface area contributed by atoms with Gasteiger partial charge in [0.2, 0.25) is 0 Å². The van der Waals surface area contributed by atoms with Gasteiger partial charge >= 0.3 is 12.0 Å². The van der Waals surface area contributed by atoms with E-state index in [1.54, 1.807) is 32.1 Å². The van der Waals surface area contributed by atoms with Gasteiger partial charge in [-0.15, -0.1) is 0 Å². The second-order valence-electron chi connectivity index (χ2n) is 9.38. The van der Waals surface area contributed by atoms with E-state index in [4.69, 9.17) is 23.7 Å². The highest BCUT2D eigenvalue weighted by Crippen LogP contribution is 2.38. The normalized spacial score (nSPS) is 13.2. The first-order chi connectivity index (χ1) is 20.0. The molecular formula is C30H38N4O7. The molecule has 1 fully saturated rings. The number of urea groups is 1. The Hall–Kier alpha value is -4.25. The van der Waals surface area contributed by atoms with Crippen molar-refractivity contribution in [3.05, 3.63) is 48.2 Å². The van der Waals surface area contributed by atoms with Gasteiger partial charge in [-0.1, -0.05) is 6.92 Å². The lowest BCUT2D eigenvalue weighted by atomic mass is 10.1. The third-order valence-electron chi connectivity index (χ3n) is 6.63. The van der Waals surface area contributed by atoms with E-state index in [1.807, 2.05) is 30.3 Å². The van der Waals surface area contributed by atoms with Crippen LogP contribution in [0.25, 0.3) is 10.9 Å². The van der Waals surface area contributed by atoms with Crippen molar-refractivity contribution in [3.63, 3.8) is 0 Å². The van der Waals surface area contributed by atoms with Gasteiger partial charge in [-0.2, -0.15) is 0 Å². The fraction of sp³-hybridized carbons (Fsp3) is 0.433. The average molecular weight is 567 g/mol. The summed E-state index contributed by atoms with van der Waals surface area (Å²) in [7, 11) is 3.17. The highest BCUT2D eigenvalue weighted by atomic mass is 16.5. The lowest BCUT2D eigenvalue weighted by molar-refractivity contribution is 0.0526. The number of fused-ring (bicyclic) bond motifs is 1. The molecule has 0 saturated carbocycles. The molecule has 1 aromatic heterocycles. The predicted molar refractivity (Wildman–Crippen MR) is 157 cm³/mol. The second-order valence-corrected chi connectivity index (χ2v) is 9.38.